The van der Waals surface area contributed by atoms with E-state index in [9.17, 15) is 0 Å². The first-order chi connectivity index (χ1) is 19.4. The van der Waals surface area contributed by atoms with Gasteiger partial charge in [-0.2, -0.15) is 0 Å². The molecule has 4 rings (SSSR count). The lowest BCUT2D eigenvalue weighted by molar-refractivity contribution is 0.185. The highest BCUT2D eigenvalue weighted by Crippen LogP contribution is 2.25. The number of hydrogen-bond donors (Lipinski definition) is 1. The lowest BCUT2D eigenvalue weighted by atomic mass is 10.00. The van der Waals surface area contributed by atoms with Crippen molar-refractivity contribution in [3.8, 4) is 0 Å². The van der Waals surface area contributed by atoms with Crippen LogP contribution in [0.4, 0.5) is 0 Å². The van der Waals surface area contributed by atoms with Crippen molar-refractivity contribution in [3.05, 3.63) is 144 Å². The standard InChI is InChI=1S/C37H46N2/c1-5-17-33(18-6-1)23-13-15-29-38-30-27-37(36-25-11-4-12-26-36)39(32-28-35-21-9-3-10-22-35)31-16-14-24-34-19-7-2-8-20-34/h1-12,17-22,25-26,37-38H,13-16,23-24,27-32H2. The SMILES string of the molecule is c1ccc(CCCCNCCC(c2ccccc2)N(CCCCc2ccccc2)CCc2ccccc2)cc1. The Balaban J connectivity index is 1.31. The molecule has 0 aliphatic rings. The molecule has 2 nitrogen and oxygen atoms in total. The van der Waals surface area contributed by atoms with Gasteiger partial charge in [0.15, 0.2) is 0 Å². The molecular weight excluding hydrogens is 472 g/mol. The second kappa shape index (κ2) is 17.4. The van der Waals surface area contributed by atoms with Crippen LogP contribution >= 0.6 is 0 Å². The fourth-order valence-corrected chi connectivity index (χ4v) is 5.45. The van der Waals surface area contributed by atoms with Gasteiger partial charge < -0.3 is 5.32 Å². The summed E-state index contributed by atoms with van der Waals surface area (Å²) in [6, 6.07) is 44.4. The van der Waals surface area contributed by atoms with Crippen LogP contribution in [-0.2, 0) is 19.3 Å². The minimum atomic E-state index is 0.434. The van der Waals surface area contributed by atoms with Crippen LogP contribution in [0.15, 0.2) is 121 Å². The van der Waals surface area contributed by atoms with Crippen molar-refractivity contribution in [1.29, 1.82) is 0 Å². The summed E-state index contributed by atoms with van der Waals surface area (Å²) < 4.78 is 0. The molecule has 39 heavy (non-hydrogen) atoms. The summed E-state index contributed by atoms with van der Waals surface area (Å²) in [6.07, 6.45) is 9.48. The van der Waals surface area contributed by atoms with E-state index in [2.05, 4.69) is 132 Å². The highest BCUT2D eigenvalue weighted by molar-refractivity contribution is 5.20. The molecule has 2 heteroatoms. The van der Waals surface area contributed by atoms with E-state index in [0.29, 0.717) is 6.04 Å². The van der Waals surface area contributed by atoms with E-state index in [1.165, 1.54) is 54.4 Å². The fourth-order valence-electron chi connectivity index (χ4n) is 5.45. The van der Waals surface area contributed by atoms with Gasteiger partial charge in [-0.3, -0.25) is 4.90 Å². The lowest BCUT2D eigenvalue weighted by Gasteiger charge is -2.33. The highest BCUT2D eigenvalue weighted by Gasteiger charge is 2.20. The second-order valence-corrected chi connectivity index (χ2v) is 10.6. The van der Waals surface area contributed by atoms with Gasteiger partial charge in [-0.25, -0.2) is 0 Å². The Labute approximate surface area is 237 Å². The highest BCUT2D eigenvalue weighted by atomic mass is 15.2. The zero-order valence-electron chi connectivity index (χ0n) is 23.6. The van der Waals surface area contributed by atoms with Crippen LogP contribution in [0.1, 0.15) is 60.4 Å². The van der Waals surface area contributed by atoms with Gasteiger partial charge in [0.2, 0.25) is 0 Å². The maximum Gasteiger partial charge on any atom is 0.0360 e. The van der Waals surface area contributed by atoms with Crippen LogP contribution in [0.5, 0.6) is 0 Å². The summed E-state index contributed by atoms with van der Waals surface area (Å²) in [5, 5.41) is 3.76. The van der Waals surface area contributed by atoms with Crippen molar-refractivity contribution >= 4 is 0 Å². The molecule has 0 radical (unpaired) electrons. The first-order valence-electron chi connectivity index (χ1n) is 15.0. The molecular formula is C37H46N2. The maximum atomic E-state index is 3.76. The minimum absolute atomic E-state index is 0.434. The van der Waals surface area contributed by atoms with Crippen molar-refractivity contribution < 1.29 is 0 Å². The van der Waals surface area contributed by atoms with E-state index < -0.39 is 0 Å². The third-order valence-electron chi connectivity index (χ3n) is 7.67. The van der Waals surface area contributed by atoms with Gasteiger partial charge in [-0.15, -0.1) is 0 Å². The molecule has 0 saturated carbocycles. The molecule has 1 unspecified atom stereocenters. The minimum Gasteiger partial charge on any atom is -0.317 e. The summed E-state index contributed by atoms with van der Waals surface area (Å²) in [4.78, 5) is 2.75. The molecule has 204 valence electrons. The van der Waals surface area contributed by atoms with Crippen LogP contribution in [0.3, 0.4) is 0 Å². The monoisotopic (exact) mass is 518 g/mol. The van der Waals surface area contributed by atoms with Crippen LogP contribution in [0, 0.1) is 0 Å². The number of benzene rings is 4. The number of rotatable bonds is 18. The molecule has 0 aromatic heterocycles. The summed E-state index contributed by atoms with van der Waals surface area (Å²) in [5.74, 6) is 0. The molecule has 0 aliphatic heterocycles. The number of aryl methyl sites for hydroxylation is 2. The van der Waals surface area contributed by atoms with E-state index in [1.807, 2.05) is 0 Å². The van der Waals surface area contributed by atoms with Gasteiger partial charge in [0.05, 0.1) is 0 Å². The molecule has 0 aliphatic carbocycles. The van der Waals surface area contributed by atoms with Crippen LogP contribution in [0.2, 0.25) is 0 Å². The van der Waals surface area contributed by atoms with Crippen molar-refractivity contribution in [3.63, 3.8) is 0 Å². The number of nitrogens with zero attached hydrogens (tertiary/aromatic N) is 1. The molecule has 1 N–H and O–H groups in total. The Morgan fingerprint density at radius 1 is 0.462 bits per heavy atom. The Kier molecular flexibility index (Phi) is 12.8. The van der Waals surface area contributed by atoms with E-state index >= 15 is 0 Å². The Bertz CT molecular complexity index is 1130. The second-order valence-electron chi connectivity index (χ2n) is 10.6. The third-order valence-corrected chi connectivity index (χ3v) is 7.67. The maximum absolute atomic E-state index is 3.76. The summed E-state index contributed by atoms with van der Waals surface area (Å²) >= 11 is 0. The summed E-state index contributed by atoms with van der Waals surface area (Å²) in [6.45, 7) is 4.37. The quantitative estimate of drug-likeness (QED) is 0.133. The van der Waals surface area contributed by atoms with E-state index in [1.54, 1.807) is 0 Å². The molecule has 0 saturated heterocycles. The van der Waals surface area contributed by atoms with Crippen molar-refractivity contribution in [1.82, 2.24) is 10.2 Å². The Morgan fingerprint density at radius 2 is 0.949 bits per heavy atom. The molecule has 0 fully saturated rings. The van der Waals surface area contributed by atoms with Gasteiger partial charge in [0.1, 0.15) is 0 Å². The lowest BCUT2D eigenvalue weighted by Crippen LogP contribution is -2.34. The smallest absolute Gasteiger partial charge is 0.0360 e. The molecule has 4 aromatic carbocycles. The van der Waals surface area contributed by atoms with Crippen molar-refractivity contribution in [2.75, 3.05) is 26.2 Å². The number of nitrogens with one attached hydrogen (secondary N) is 1. The van der Waals surface area contributed by atoms with Gasteiger partial charge in [0, 0.05) is 12.6 Å². The van der Waals surface area contributed by atoms with E-state index in [4.69, 9.17) is 0 Å². The van der Waals surface area contributed by atoms with E-state index in [0.717, 1.165) is 45.4 Å². The average molecular weight is 519 g/mol. The first kappa shape index (κ1) is 28.8. The van der Waals surface area contributed by atoms with Gasteiger partial charge >= 0.3 is 0 Å². The predicted molar refractivity (Wildman–Crippen MR) is 167 cm³/mol. The summed E-state index contributed by atoms with van der Waals surface area (Å²) in [5.41, 5.74) is 5.77. The summed E-state index contributed by atoms with van der Waals surface area (Å²) in [7, 11) is 0. The predicted octanol–water partition coefficient (Wildman–Crippen LogP) is 8.30. The van der Waals surface area contributed by atoms with Crippen molar-refractivity contribution in [2.24, 2.45) is 0 Å². The molecule has 0 bridgehead atoms. The van der Waals surface area contributed by atoms with Gasteiger partial charge in [-0.1, -0.05) is 121 Å². The van der Waals surface area contributed by atoms with Crippen LogP contribution in [0.25, 0.3) is 0 Å². The molecule has 1 atom stereocenters. The third kappa shape index (κ3) is 10.8. The van der Waals surface area contributed by atoms with Gasteiger partial charge in [0.25, 0.3) is 0 Å². The Morgan fingerprint density at radius 3 is 1.51 bits per heavy atom. The zero-order chi connectivity index (χ0) is 26.8. The number of unbranched alkanes of at least 4 members (excludes halogenated alkanes) is 2. The van der Waals surface area contributed by atoms with Gasteiger partial charge in [-0.05, 0) is 93.3 Å². The molecule has 0 heterocycles. The average Bonchev–Trinajstić information content (AvgIpc) is 3.00. The normalized spacial score (nSPS) is 12.0. The van der Waals surface area contributed by atoms with Crippen LogP contribution < -0.4 is 5.32 Å². The largest absolute Gasteiger partial charge is 0.317 e. The first-order valence-corrected chi connectivity index (χ1v) is 15.0. The fraction of sp³-hybridized carbons (Fsp3) is 0.351. The Hall–Kier alpha value is -3.20. The molecule has 0 spiro atoms. The molecule has 4 aromatic rings. The number of hydrogen-bond acceptors (Lipinski definition) is 2. The van der Waals surface area contributed by atoms with Crippen molar-refractivity contribution in [2.45, 2.75) is 57.4 Å². The van der Waals surface area contributed by atoms with Crippen LogP contribution in [-0.4, -0.2) is 31.1 Å². The topological polar surface area (TPSA) is 15.3 Å². The molecule has 0 amide bonds. The van der Waals surface area contributed by atoms with E-state index in [-0.39, 0.29) is 0 Å². The zero-order valence-corrected chi connectivity index (χ0v) is 23.6.